The number of likely N-dealkylation sites (tertiary alicyclic amines) is 1. The molecule has 1 atom stereocenters. The van der Waals surface area contributed by atoms with Gasteiger partial charge in [0.05, 0.1) is 0 Å². The third-order valence-electron chi connectivity index (χ3n) is 4.84. The highest BCUT2D eigenvalue weighted by Gasteiger charge is 2.16. The van der Waals surface area contributed by atoms with Gasteiger partial charge in [0.25, 0.3) is 5.91 Å². The number of carbonyl (C=O) groups excluding carboxylic acids is 1. The molecular formula is C20H29N3O2. The number of aromatic nitrogens is 1. The summed E-state index contributed by atoms with van der Waals surface area (Å²) in [6.45, 7) is 10.5. The van der Waals surface area contributed by atoms with Crippen LogP contribution in [0.2, 0.25) is 0 Å². The maximum absolute atomic E-state index is 12.3. The van der Waals surface area contributed by atoms with Crippen molar-refractivity contribution in [3.8, 4) is 0 Å². The van der Waals surface area contributed by atoms with Crippen molar-refractivity contribution in [1.29, 1.82) is 0 Å². The molecule has 1 fully saturated rings. The van der Waals surface area contributed by atoms with Crippen LogP contribution in [0.15, 0.2) is 22.6 Å². The first-order valence-electron chi connectivity index (χ1n) is 9.44. The number of benzene rings is 1. The number of oxazole rings is 1. The lowest BCUT2D eigenvalue weighted by atomic mass is 10.0. The monoisotopic (exact) mass is 343 g/mol. The van der Waals surface area contributed by atoms with Gasteiger partial charge in [0.1, 0.15) is 5.52 Å². The van der Waals surface area contributed by atoms with Crippen molar-refractivity contribution in [1.82, 2.24) is 15.2 Å². The fourth-order valence-corrected chi connectivity index (χ4v) is 3.43. The van der Waals surface area contributed by atoms with Crippen molar-refractivity contribution in [2.75, 3.05) is 26.2 Å². The Morgan fingerprint density at radius 2 is 2.28 bits per heavy atom. The van der Waals surface area contributed by atoms with Crippen LogP contribution in [0.5, 0.6) is 0 Å². The van der Waals surface area contributed by atoms with Gasteiger partial charge in [0.15, 0.2) is 11.5 Å². The van der Waals surface area contributed by atoms with Crippen LogP contribution in [-0.2, 0) is 0 Å². The molecule has 0 saturated carbocycles. The van der Waals surface area contributed by atoms with Crippen LogP contribution in [0.4, 0.5) is 0 Å². The molecule has 1 aliphatic rings. The van der Waals surface area contributed by atoms with E-state index in [2.05, 4.69) is 22.1 Å². The molecule has 0 unspecified atom stereocenters. The van der Waals surface area contributed by atoms with E-state index in [0.29, 0.717) is 23.6 Å². The van der Waals surface area contributed by atoms with Gasteiger partial charge in [-0.3, -0.25) is 4.79 Å². The van der Waals surface area contributed by atoms with Crippen molar-refractivity contribution in [2.24, 2.45) is 5.92 Å². The second kappa shape index (κ2) is 8.00. The molecule has 0 radical (unpaired) electrons. The first-order chi connectivity index (χ1) is 12.0. The molecule has 1 aromatic heterocycles. The van der Waals surface area contributed by atoms with E-state index in [-0.39, 0.29) is 11.8 Å². The first-order valence-corrected chi connectivity index (χ1v) is 9.44. The number of nitrogens with one attached hydrogen (secondary N) is 1. The maximum atomic E-state index is 12.3. The average molecular weight is 343 g/mol. The number of hydrogen-bond donors (Lipinski definition) is 1. The van der Waals surface area contributed by atoms with Gasteiger partial charge in [-0.1, -0.05) is 20.8 Å². The number of hydrogen-bond acceptors (Lipinski definition) is 4. The lowest BCUT2D eigenvalue weighted by Gasteiger charge is -2.30. The zero-order chi connectivity index (χ0) is 17.8. The van der Waals surface area contributed by atoms with Gasteiger partial charge < -0.3 is 14.6 Å². The van der Waals surface area contributed by atoms with Gasteiger partial charge in [-0.15, -0.1) is 0 Å². The smallest absolute Gasteiger partial charge is 0.251 e. The van der Waals surface area contributed by atoms with Gasteiger partial charge >= 0.3 is 0 Å². The molecule has 1 amide bonds. The van der Waals surface area contributed by atoms with Crippen LogP contribution in [0, 0.1) is 5.92 Å². The molecule has 2 heterocycles. The van der Waals surface area contributed by atoms with Crippen LogP contribution in [0.25, 0.3) is 11.1 Å². The summed E-state index contributed by atoms with van der Waals surface area (Å²) in [6, 6.07) is 5.46. The topological polar surface area (TPSA) is 58.4 Å². The highest BCUT2D eigenvalue weighted by Crippen LogP contribution is 2.22. The van der Waals surface area contributed by atoms with Crippen LogP contribution < -0.4 is 5.32 Å². The summed E-state index contributed by atoms with van der Waals surface area (Å²) in [5.41, 5.74) is 2.11. The minimum absolute atomic E-state index is 0.0450. The fourth-order valence-electron chi connectivity index (χ4n) is 3.43. The summed E-state index contributed by atoms with van der Waals surface area (Å²) in [4.78, 5) is 19.3. The van der Waals surface area contributed by atoms with E-state index in [9.17, 15) is 4.79 Å². The Bertz CT molecular complexity index is 723. The van der Waals surface area contributed by atoms with E-state index < -0.39 is 0 Å². The highest BCUT2D eigenvalue weighted by molar-refractivity contribution is 5.97. The van der Waals surface area contributed by atoms with Gasteiger partial charge in [-0.25, -0.2) is 4.98 Å². The van der Waals surface area contributed by atoms with Crippen molar-refractivity contribution in [3.05, 3.63) is 29.7 Å². The van der Waals surface area contributed by atoms with Gasteiger partial charge in [-0.05, 0) is 56.5 Å². The Hall–Kier alpha value is -1.88. The quantitative estimate of drug-likeness (QED) is 0.811. The molecule has 0 bridgehead atoms. The van der Waals surface area contributed by atoms with E-state index in [1.54, 1.807) is 6.07 Å². The number of fused-ring (bicyclic) bond motifs is 1. The summed E-state index contributed by atoms with van der Waals surface area (Å²) in [7, 11) is 0. The lowest BCUT2D eigenvalue weighted by Crippen LogP contribution is -2.36. The second-order valence-electron chi connectivity index (χ2n) is 7.55. The van der Waals surface area contributed by atoms with Crippen molar-refractivity contribution in [2.45, 2.75) is 46.0 Å². The first kappa shape index (κ1) is 17.9. The van der Waals surface area contributed by atoms with E-state index >= 15 is 0 Å². The van der Waals surface area contributed by atoms with Crippen molar-refractivity contribution < 1.29 is 9.21 Å². The van der Waals surface area contributed by atoms with Crippen LogP contribution in [-0.4, -0.2) is 42.0 Å². The zero-order valence-corrected chi connectivity index (χ0v) is 15.5. The van der Waals surface area contributed by atoms with Crippen molar-refractivity contribution in [3.63, 3.8) is 0 Å². The third-order valence-corrected chi connectivity index (χ3v) is 4.84. The Morgan fingerprint density at radius 1 is 1.44 bits per heavy atom. The molecule has 3 rings (SSSR count). The van der Waals surface area contributed by atoms with Gasteiger partial charge in [0.2, 0.25) is 0 Å². The lowest BCUT2D eigenvalue weighted by molar-refractivity contribution is 0.0950. The minimum atomic E-state index is -0.0450. The molecule has 136 valence electrons. The number of nitrogens with zero attached hydrogens (tertiary/aromatic N) is 2. The number of carbonyl (C=O) groups is 1. The molecule has 5 nitrogen and oxygen atoms in total. The van der Waals surface area contributed by atoms with Crippen LogP contribution in [0.1, 0.15) is 62.2 Å². The number of rotatable bonds is 6. The molecular weight excluding hydrogens is 314 g/mol. The summed E-state index contributed by atoms with van der Waals surface area (Å²) < 4.78 is 5.74. The van der Waals surface area contributed by atoms with E-state index in [1.807, 2.05) is 26.0 Å². The average Bonchev–Trinajstić information content (AvgIpc) is 3.02. The largest absolute Gasteiger partial charge is 0.440 e. The van der Waals surface area contributed by atoms with Gasteiger partial charge in [-0.2, -0.15) is 0 Å². The predicted molar refractivity (Wildman–Crippen MR) is 99.9 cm³/mol. The normalized spacial score (nSPS) is 18.8. The van der Waals surface area contributed by atoms with E-state index in [1.165, 1.54) is 25.9 Å². The van der Waals surface area contributed by atoms with E-state index in [0.717, 1.165) is 24.4 Å². The Balaban J connectivity index is 1.50. The molecule has 25 heavy (non-hydrogen) atoms. The molecule has 1 N–H and O–H groups in total. The highest BCUT2D eigenvalue weighted by atomic mass is 16.3. The molecule has 0 spiro atoms. The maximum Gasteiger partial charge on any atom is 0.251 e. The molecule has 1 aliphatic heterocycles. The summed E-state index contributed by atoms with van der Waals surface area (Å²) in [5, 5.41) is 3.02. The van der Waals surface area contributed by atoms with Crippen LogP contribution >= 0.6 is 0 Å². The zero-order valence-electron chi connectivity index (χ0n) is 15.5. The Morgan fingerprint density at radius 3 is 3.04 bits per heavy atom. The molecule has 2 aromatic rings. The van der Waals surface area contributed by atoms with Gasteiger partial charge in [0, 0.05) is 24.6 Å². The molecule has 1 aromatic carbocycles. The standard InChI is InChI=1S/C20H29N3O2/c1-14(2)20-22-17-8-7-16(12-18(17)25-20)19(24)21-9-5-11-23-10-4-6-15(3)13-23/h7-8,12,14-15H,4-6,9-11,13H2,1-3H3,(H,21,24)/t15-/m0/s1. The minimum Gasteiger partial charge on any atom is -0.440 e. The van der Waals surface area contributed by atoms with E-state index in [4.69, 9.17) is 4.42 Å². The van der Waals surface area contributed by atoms with Crippen molar-refractivity contribution >= 4 is 17.0 Å². The molecule has 1 saturated heterocycles. The predicted octanol–water partition coefficient (Wildman–Crippen LogP) is 3.80. The number of piperidine rings is 1. The molecule has 0 aliphatic carbocycles. The fraction of sp³-hybridized carbons (Fsp3) is 0.600. The summed E-state index contributed by atoms with van der Waals surface area (Å²) >= 11 is 0. The molecule has 5 heteroatoms. The summed E-state index contributed by atoms with van der Waals surface area (Å²) in [6.07, 6.45) is 3.62. The Labute approximate surface area is 149 Å². The SMILES string of the molecule is CC(C)c1nc2ccc(C(=O)NCCCN3CCC[C@H](C)C3)cc2o1. The Kier molecular flexibility index (Phi) is 5.74. The summed E-state index contributed by atoms with van der Waals surface area (Å²) in [5.74, 6) is 1.70. The third kappa shape index (κ3) is 4.60. The number of amides is 1. The van der Waals surface area contributed by atoms with Crippen LogP contribution in [0.3, 0.4) is 0 Å². The second-order valence-corrected chi connectivity index (χ2v) is 7.55.